The smallest absolute Gasteiger partial charge is 0.251 e. The Hall–Kier alpha value is -0.960. The van der Waals surface area contributed by atoms with Gasteiger partial charge in [-0.1, -0.05) is 13.0 Å². The monoisotopic (exact) mass is 209 g/mol. The maximum absolute atomic E-state index is 11.5. The van der Waals surface area contributed by atoms with Gasteiger partial charge in [-0.3, -0.25) is 4.79 Å². The van der Waals surface area contributed by atoms with E-state index in [0.717, 1.165) is 16.2 Å². The highest BCUT2D eigenvalue weighted by Crippen LogP contribution is 2.18. The summed E-state index contributed by atoms with van der Waals surface area (Å²) in [4.78, 5) is 12.6. The Morgan fingerprint density at radius 3 is 2.86 bits per heavy atom. The maximum atomic E-state index is 11.5. The minimum absolute atomic E-state index is 0.00560. The Morgan fingerprint density at radius 1 is 1.43 bits per heavy atom. The van der Waals surface area contributed by atoms with E-state index in [0.29, 0.717) is 6.54 Å². The van der Waals surface area contributed by atoms with Gasteiger partial charge in [0.15, 0.2) is 0 Å². The van der Waals surface area contributed by atoms with Crippen molar-refractivity contribution < 1.29 is 4.79 Å². The molecule has 0 atom stereocenters. The van der Waals surface area contributed by atoms with E-state index in [9.17, 15) is 4.79 Å². The van der Waals surface area contributed by atoms with Gasteiger partial charge in [-0.25, -0.2) is 0 Å². The zero-order valence-electron chi connectivity index (χ0n) is 8.54. The first-order chi connectivity index (χ1) is 6.77. The molecule has 0 saturated carbocycles. The molecule has 0 aromatic heterocycles. The summed E-state index contributed by atoms with van der Waals surface area (Å²) in [6, 6.07) is 7.71. The lowest BCUT2D eigenvalue weighted by Crippen LogP contribution is -2.22. The number of amides is 1. The van der Waals surface area contributed by atoms with Crippen LogP contribution in [0.25, 0.3) is 0 Å². The van der Waals surface area contributed by atoms with Crippen molar-refractivity contribution in [2.24, 2.45) is 0 Å². The number of carbonyl (C=O) groups excluding carboxylic acids is 1. The first kappa shape index (κ1) is 11.1. The van der Waals surface area contributed by atoms with Gasteiger partial charge in [0.05, 0.1) is 0 Å². The predicted octanol–water partition coefficient (Wildman–Crippen LogP) is 2.55. The molecule has 0 aliphatic rings. The summed E-state index contributed by atoms with van der Waals surface area (Å²) in [6.07, 6.45) is 0. The standard InChI is InChI=1S/C11H15NOS/c1-3-12-11(13)9-6-5-7-10(8-9)14-4-2/h5-8H,3-4H2,1-2H3,(H,12,13). The lowest BCUT2D eigenvalue weighted by Gasteiger charge is -2.03. The first-order valence-electron chi connectivity index (χ1n) is 4.79. The second-order valence-electron chi connectivity index (χ2n) is 2.82. The van der Waals surface area contributed by atoms with E-state index in [1.165, 1.54) is 0 Å². The van der Waals surface area contributed by atoms with E-state index in [-0.39, 0.29) is 5.91 Å². The molecule has 1 amide bonds. The van der Waals surface area contributed by atoms with Crippen LogP contribution in [0, 0.1) is 0 Å². The third-order valence-corrected chi connectivity index (χ3v) is 2.62. The molecule has 0 saturated heterocycles. The third-order valence-electron chi connectivity index (χ3n) is 1.74. The molecule has 1 aromatic carbocycles. The Kier molecular flexibility index (Phi) is 4.53. The van der Waals surface area contributed by atoms with Crippen molar-refractivity contribution in [2.45, 2.75) is 18.7 Å². The van der Waals surface area contributed by atoms with Gasteiger partial charge < -0.3 is 5.32 Å². The van der Waals surface area contributed by atoms with Crippen LogP contribution in [0.4, 0.5) is 0 Å². The zero-order valence-corrected chi connectivity index (χ0v) is 9.36. The molecule has 0 heterocycles. The quantitative estimate of drug-likeness (QED) is 0.772. The van der Waals surface area contributed by atoms with Crippen molar-refractivity contribution in [1.29, 1.82) is 0 Å². The van der Waals surface area contributed by atoms with E-state index in [2.05, 4.69) is 12.2 Å². The number of nitrogens with one attached hydrogen (secondary N) is 1. The zero-order chi connectivity index (χ0) is 10.4. The van der Waals surface area contributed by atoms with Crippen molar-refractivity contribution in [3.63, 3.8) is 0 Å². The lowest BCUT2D eigenvalue weighted by atomic mass is 10.2. The van der Waals surface area contributed by atoms with Gasteiger partial charge >= 0.3 is 0 Å². The van der Waals surface area contributed by atoms with Crippen LogP contribution in [-0.2, 0) is 0 Å². The summed E-state index contributed by atoms with van der Waals surface area (Å²) >= 11 is 1.74. The molecule has 76 valence electrons. The molecule has 1 rings (SSSR count). The van der Waals surface area contributed by atoms with Crippen molar-refractivity contribution in [2.75, 3.05) is 12.3 Å². The molecule has 0 spiro atoms. The minimum atomic E-state index is 0.00560. The summed E-state index contributed by atoms with van der Waals surface area (Å²) in [5.41, 5.74) is 0.741. The van der Waals surface area contributed by atoms with E-state index in [4.69, 9.17) is 0 Å². The average Bonchev–Trinajstić information content (AvgIpc) is 2.19. The number of rotatable bonds is 4. The number of hydrogen-bond acceptors (Lipinski definition) is 2. The summed E-state index contributed by atoms with van der Waals surface area (Å²) < 4.78 is 0. The van der Waals surface area contributed by atoms with Gasteiger partial charge in [-0.05, 0) is 30.9 Å². The van der Waals surface area contributed by atoms with Crippen LogP contribution < -0.4 is 5.32 Å². The third kappa shape index (κ3) is 3.07. The summed E-state index contributed by atoms with van der Waals surface area (Å²) in [5.74, 6) is 1.03. The maximum Gasteiger partial charge on any atom is 0.251 e. The predicted molar refractivity (Wildman–Crippen MR) is 60.8 cm³/mol. The minimum Gasteiger partial charge on any atom is -0.352 e. The van der Waals surface area contributed by atoms with E-state index in [1.54, 1.807) is 11.8 Å². The SMILES string of the molecule is CCNC(=O)c1cccc(SCC)c1. The summed E-state index contributed by atoms with van der Waals surface area (Å²) in [6.45, 7) is 4.69. The Bertz CT molecular complexity index is 312. The van der Waals surface area contributed by atoms with Gasteiger partial charge in [0, 0.05) is 17.0 Å². The normalized spacial score (nSPS) is 9.86. The second-order valence-corrected chi connectivity index (χ2v) is 4.16. The largest absolute Gasteiger partial charge is 0.352 e. The molecule has 0 aliphatic heterocycles. The fourth-order valence-corrected chi connectivity index (χ4v) is 1.87. The van der Waals surface area contributed by atoms with Gasteiger partial charge in [0.1, 0.15) is 0 Å². The van der Waals surface area contributed by atoms with Crippen molar-refractivity contribution in [3.8, 4) is 0 Å². The van der Waals surface area contributed by atoms with Gasteiger partial charge in [-0.2, -0.15) is 0 Å². The molecule has 0 bridgehead atoms. The Labute approximate surface area is 89.1 Å². The molecule has 0 fully saturated rings. The molecule has 1 aromatic rings. The molecule has 3 heteroatoms. The second kappa shape index (κ2) is 5.70. The van der Waals surface area contributed by atoms with Gasteiger partial charge in [-0.15, -0.1) is 11.8 Å². The Morgan fingerprint density at radius 2 is 2.21 bits per heavy atom. The summed E-state index contributed by atoms with van der Waals surface area (Å²) in [5, 5.41) is 2.78. The lowest BCUT2D eigenvalue weighted by molar-refractivity contribution is 0.0955. The Balaban J connectivity index is 2.77. The number of benzene rings is 1. The first-order valence-corrected chi connectivity index (χ1v) is 5.77. The number of hydrogen-bond donors (Lipinski definition) is 1. The fourth-order valence-electron chi connectivity index (χ4n) is 1.16. The van der Waals surface area contributed by atoms with Crippen molar-refractivity contribution >= 4 is 17.7 Å². The number of carbonyl (C=O) groups is 1. The molecular weight excluding hydrogens is 194 g/mol. The fraction of sp³-hybridized carbons (Fsp3) is 0.364. The van der Waals surface area contributed by atoms with E-state index >= 15 is 0 Å². The van der Waals surface area contributed by atoms with Crippen LogP contribution in [0.15, 0.2) is 29.2 Å². The molecule has 0 aliphatic carbocycles. The highest BCUT2D eigenvalue weighted by Gasteiger charge is 2.03. The van der Waals surface area contributed by atoms with Crippen molar-refractivity contribution in [3.05, 3.63) is 29.8 Å². The van der Waals surface area contributed by atoms with Crippen LogP contribution in [0.2, 0.25) is 0 Å². The van der Waals surface area contributed by atoms with Gasteiger partial charge in [0.25, 0.3) is 5.91 Å². The molecular formula is C11H15NOS. The van der Waals surface area contributed by atoms with Gasteiger partial charge in [0.2, 0.25) is 0 Å². The van der Waals surface area contributed by atoms with Crippen molar-refractivity contribution in [1.82, 2.24) is 5.32 Å². The number of thioether (sulfide) groups is 1. The van der Waals surface area contributed by atoms with Crippen LogP contribution in [0.5, 0.6) is 0 Å². The van der Waals surface area contributed by atoms with Crippen LogP contribution in [-0.4, -0.2) is 18.2 Å². The molecule has 0 radical (unpaired) electrons. The van der Waals surface area contributed by atoms with Crippen LogP contribution in [0.1, 0.15) is 24.2 Å². The topological polar surface area (TPSA) is 29.1 Å². The van der Waals surface area contributed by atoms with Crippen LogP contribution in [0.3, 0.4) is 0 Å². The van der Waals surface area contributed by atoms with Crippen LogP contribution >= 0.6 is 11.8 Å². The highest BCUT2D eigenvalue weighted by molar-refractivity contribution is 7.99. The van der Waals surface area contributed by atoms with E-state index in [1.807, 2.05) is 31.2 Å². The molecule has 1 N–H and O–H groups in total. The summed E-state index contributed by atoms with van der Waals surface area (Å²) in [7, 11) is 0. The van der Waals surface area contributed by atoms with E-state index < -0.39 is 0 Å². The molecule has 2 nitrogen and oxygen atoms in total. The molecule has 0 unspecified atom stereocenters. The average molecular weight is 209 g/mol. The highest BCUT2D eigenvalue weighted by atomic mass is 32.2. The molecule has 14 heavy (non-hydrogen) atoms.